The molecule has 0 atom stereocenters. The smallest absolute Gasteiger partial charge is 0.213 e. The maximum Gasteiger partial charge on any atom is 0.213 e. The van der Waals surface area contributed by atoms with Gasteiger partial charge in [0.05, 0.1) is 19.0 Å². The molecule has 1 aliphatic rings. The van der Waals surface area contributed by atoms with E-state index in [2.05, 4.69) is 39.1 Å². The molecule has 3 N–H and O–H groups in total. The molecule has 1 fully saturated rings. The molecule has 1 aromatic rings. The van der Waals surface area contributed by atoms with E-state index in [1.54, 1.807) is 7.05 Å². The molecule has 0 radical (unpaired) electrons. The lowest BCUT2D eigenvalue weighted by atomic mass is 10.0. The number of nitrogens with zero attached hydrogens (tertiary/aromatic N) is 2. The van der Waals surface area contributed by atoms with E-state index in [1.165, 1.54) is 0 Å². The zero-order chi connectivity index (χ0) is 20.5. The first-order chi connectivity index (χ1) is 13.3. The fourth-order valence-electron chi connectivity index (χ4n) is 2.97. The maximum atomic E-state index is 12.2. The van der Waals surface area contributed by atoms with Gasteiger partial charge < -0.3 is 15.4 Å². The Kier molecular flexibility index (Phi) is 11.4. The van der Waals surface area contributed by atoms with Crippen molar-refractivity contribution >= 4 is 40.0 Å². The van der Waals surface area contributed by atoms with Gasteiger partial charge in [0.2, 0.25) is 10.0 Å². The van der Waals surface area contributed by atoms with Crippen molar-refractivity contribution in [3.63, 3.8) is 0 Å². The van der Waals surface area contributed by atoms with Gasteiger partial charge in [0.25, 0.3) is 0 Å². The van der Waals surface area contributed by atoms with Crippen molar-refractivity contribution in [1.29, 1.82) is 0 Å². The SMILES string of the molecule is CN=C(NCCS(=O)(=O)NCc1ccccc1)NCC(C)(C)N1CCOCC1.I. The lowest BCUT2D eigenvalue weighted by molar-refractivity contribution is -0.00833. The van der Waals surface area contributed by atoms with Crippen LogP contribution in [0.5, 0.6) is 0 Å². The van der Waals surface area contributed by atoms with Gasteiger partial charge in [0.15, 0.2) is 5.96 Å². The van der Waals surface area contributed by atoms with Crippen molar-refractivity contribution in [2.45, 2.75) is 25.9 Å². The molecular formula is C19H34IN5O3S. The topological polar surface area (TPSA) is 95.1 Å². The number of morpholine rings is 1. The third-order valence-electron chi connectivity index (χ3n) is 4.78. The molecule has 0 saturated carbocycles. The van der Waals surface area contributed by atoms with Crippen molar-refractivity contribution < 1.29 is 13.2 Å². The summed E-state index contributed by atoms with van der Waals surface area (Å²) in [4.78, 5) is 6.57. The number of guanidine groups is 1. The summed E-state index contributed by atoms with van der Waals surface area (Å²) in [5.41, 5.74) is 0.881. The van der Waals surface area contributed by atoms with E-state index in [-0.39, 0.29) is 41.8 Å². The number of benzene rings is 1. The van der Waals surface area contributed by atoms with E-state index in [0.29, 0.717) is 19.0 Å². The van der Waals surface area contributed by atoms with Crippen LogP contribution in [0.25, 0.3) is 0 Å². The normalized spacial score (nSPS) is 16.2. The summed E-state index contributed by atoms with van der Waals surface area (Å²) >= 11 is 0. The second-order valence-electron chi connectivity index (χ2n) is 7.39. The Labute approximate surface area is 191 Å². The van der Waals surface area contributed by atoms with Gasteiger partial charge >= 0.3 is 0 Å². The van der Waals surface area contributed by atoms with Gasteiger partial charge in [-0.1, -0.05) is 30.3 Å². The van der Waals surface area contributed by atoms with Gasteiger partial charge in [-0.3, -0.25) is 9.89 Å². The van der Waals surface area contributed by atoms with Gasteiger partial charge in [0.1, 0.15) is 0 Å². The molecule has 166 valence electrons. The minimum atomic E-state index is -3.36. The zero-order valence-corrected chi connectivity index (χ0v) is 20.6. The van der Waals surface area contributed by atoms with Gasteiger partial charge in [-0.2, -0.15) is 0 Å². The number of rotatable bonds is 9. The van der Waals surface area contributed by atoms with E-state index in [0.717, 1.165) is 31.9 Å². The molecule has 1 saturated heterocycles. The number of halogens is 1. The average molecular weight is 539 g/mol. The van der Waals surface area contributed by atoms with Crippen molar-refractivity contribution in [3.8, 4) is 0 Å². The molecule has 1 aliphatic heterocycles. The highest BCUT2D eigenvalue weighted by atomic mass is 127. The Balaban J connectivity index is 0.00000420. The van der Waals surface area contributed by atoms with E-state index >= 15 is 0 Å². The monoisotopic (exact) mass is 539 g/mol. The molecule has 1 heterocycles. The fourth-order valence-corrected chi connectivity index (χ4v) is 3.87. The van der Waals surface area contributed by atoms with Crippen molar-refractivity contribution in [2.75, 3.05) is 52.2 Å². The molecule has 0 unspecified atom stereocenters. The first-order valence-electron chi connectivity index (χ1n) is 9.61. The van der Waals surface area contributed by atoms with Crippen molar-refractivity contribution in [3.05, 3.63) is 35.9 Å². The third kappa shape index (κ3) is 9.60. The van der Waals surface area contributed by atoms with Crippen LogP contribution in [-0.4, -0.2) is 77.0 Å². The van der Waals surface area contributed by atoms with E-state index in [1.807, 2.05) is 30.3 Å². The zero-order valence-electron chi connectivity index (χ0n) is 17.5. The van der Waals surface area contributed by atoms with Crippen LogP contribution in [0.3, 0.4) is 0 Å². The van der Waals surface area contributed by atoms with Crippen LogP contribution < -0.4 is 15.4 Å². The van der Waals surface area contributed by atoms with Gasteiger partial charge in [0, 0.05) is 45.3 Å². The molecule has 29 heavy (non-hydrogen) atoms. The summed E-state index contributed by atoms with van der Waals surface area (Å²) in [6, 6.07) is 9.46. The van der Waals surface area contributed by atoms with Gasteiger partial charge in [-0.15, -0.1) is 24.0 Å². The summed E-state index contributed by atoms with van der Waals surface area (Å²) in [6.45, 7) is 8.96. The lowest BCUT2D eigenvalue weighted by Gasteiger charge is -2.41. The van der Waals surface area contributed by atoms with Gasteiger partial charge in [-0.05, 0) is 19.4 Å². The Morgan fingerprint density at radius 2 is 1.83 bits per heavy atom. The average Bonchev–Trinajstić information content (AvgIpc) is 2.70. The number of sulfonamides is 1. The molecular weight excluding hydrogens is 505 g/mol. The summed E-state index contributed by atoms with van der Waals surface area (Å²) in [5.74, 6) is 0.576. The van der Waals surface area contributed by atoms with E-state index in [9.17, 15) is 8.42 Å². The van der Waals surface area contributed by atoms with E-state index in [4.69, 9.17) is 4.74 Å². The molecule has 2 rings (SSSR count). The predicted molar refractivity (Wildman–Crippen MR) is 128 cm³/mol. The fraction of sp³-hybridized carbons (Fsp3) is 0.632. The molecule has 10 heteroatoms. The maximum absolute atomic E-state index is 12.2. The van der Waals surface area contributed by atoms with Crippen LogP contribution >= 0.6 is 24.0 Å². The number of hydrogen-bond acceptors (Lipinski definition) is 5. The summed E-state index contributed by atoms with van der Waals surface area (Å²) < 4.78 is 32.4. The first-order valence-corrected chi connectivity index (χ1v) is 11.3. The first kappa shape index (κ1) is 26.1. The Bertz CT molecular complexity index is 723. The van der Waals surface area contributed by atoms with E-state index < -0.39 is 10.0 Å². The van der Waals surface area contributed by atoms with Crippen LogP contribution in [0, 0.1) is 0 Å². The number of nitrogens with one attached hydrogen (secondary N) is 3. The molecule has 0 amide bonds. The third-order valence-corrected chi connectivity index (χ3v) is 6.11. The number of hydrogen-bond donors (Lipinski definition) is 3. The van der Waals surface area contributed by atoms with Crippen LogP contribution in [-0.2, 0) is 21.3 Å². The second kappa shape index (κ2) is 12.7. The molecule has 1 aromatic carbocycles. The Hall–Kier alpha value is -0.950. The molecule has 0 aromatic heterocycles. The highest BCUT2D eigenvalue weighted by Gasteiger charge is 2.28. The molecule has 0 aliphatic carbocycles. The Morgan fingerprint density at radius 3 is 2.45 bits per heavy atom. The second-order valence-corrected chi connectivity index (χ2v) is 9.32. The van der Waals surface area contributed by atoms with Gasteiger partial charge in [-0.25, -0.2) is 13.1 Å². The molecule has 0 bridgehead atoms. The highest BCUT2D eigenvalue weighted by Crippen LogP contribution is 2.14. The quantitative estimate of drug-likeness (QED) is 0.246. The standard InChI is InChI=1S/C19H33N5O3S.HI/c1-19(2,24-10-12-27-13-11-24)16-22-18(20-3)21-9-14-28(25,26)23-15-17-7-5-4-6-8-17;/h4-8,23H,9-16H2,1-3H3,(H2,20,21,22);1H. The molecule has 0 spiro atoms. The summed E-state index contributed by atoms with van der Waals surface area (Å²) in [7, 11) is -1.68. The highest BCUT2D eigenvalue weighted by molar-refractivity contribution is 14.0. The Morgan fingerprint density at radius 1 is 1.17 bits per heavy atom. The summed E-state index contributed by atoms with van der Waals surface area (Å²) in [6.07, 6.45) is 0. The number of ether oxygens (including phenoxy) is 1. The minimum absolute atomic E-state index is 0. The van der Waals surface area contributed by atoms with Crippen molar-refractivity contribution in [1.82, 2.24) is 20.3 Å². The van der Waals surface area contributed by atoms with Crippen LogP contribution in [0.15, 0.2) is 35.3 Å². The minimum Gasteiger partial charge on any atom is -0.379 e. The van der Waals surface area contributed by atoms with Crippen LogP contribution in [0.1, 0.15) is 19.4 Å². The van der Waals surface area contributed by atoms with Crippen LogP contribution in [0.2, 0.25) is 0 Å². The largest absolute Gasteiger partial charge is 0.379 e. The lowest BCUT2D eigenvalue weighted by Crippen LogP contribution is -2.56. The summed E-state index contributed by atoms with van der Waals surface area (Å²) in [5, 5.41) is 6.37. The molecule has 8 nitrogen and oxygen atoms in total. The number of aliphatic imine (C=N–C) groups is 1. The van der Waals surface area contributed by atoms with Crippen LogP contribution in [0.4, 0.5) is 0 Å². The predicted octanol–water partition coefficient (Wildman–Crippen LogP) is 1.000. The van der Waals surface area contributed by atoms with Crippen molar-refractivity contribution in [2.24, 2.45) is 4.99 Å².